The van der Waals surface area contributed by atoms with Gasteiger partial charge in [-0.2, -0.15) is 0 Å². The predicted molar refractivity (Wildman–Crippen MR) is 95.7 cm³/mol. The van der Waals surface area contributed by atoms with E-state index in [4.69, 9.17) is 0 Å². The lowest BCUT2D eigenvalue weighted by Crippen LogP contribution is -2.30. The van der Waals surface area contributed by atoms with E-state index in [0.717, 1.165) is 14.8 Å². The molecule has 1 heterocycles. The highest BCUT2D eigenvalue weighted by Crippen LogP contribution is 2.38. The van der Waals surface area contributed by atoms with Crippen LogP contribution in [0, 0.1) is 0 Å². The third kappa shape index (κ3) is 2.84. The van der Waals surface area contributed by atoms with Gasteiger partial charge in [0, 0.05) is 4.90 Å². The summed E-state index contributed by atoms with van der Waals surface area (Å²) in [6.45, 7) is 5.93. The quantitative estimate of drug-likeness (QED) is 0.779. The zero-order chi connectivity index (χ0) is 17.5. The van der Waals surface area contributed by atoms with Crippen LogP contribution in [0.5, 0.6) is 0 Å². The fraction of sp³-hybridized carbons (Fsp3) is 0.278. The monoisotopic (exact) mass is 361 g/mol. The average molecular weight is 361 g/mol. The molecule has 3 rings (SSSR count). The third-order valence-electron chi connectivity index (χ3n) is 3.93. The fourth-order valence-corrected chi connectivity index (χ4v) is 5.42. The molecule has 0 spiro atoms. The highest BCUT2D eigenvalue weighted by molar-refractivity contribution is 8.00. The van der Waals surface area contributed by atoms with Gasteiger partial charge in [-0.3, -0.25) is 4.79 Å². The van der Waals surface area contributed by atoms with E-state index in [2.05, 4.69) is 0 Å². The molecule has 1 aliphatic heterocycles. The topological polar surface area (TPSA) is 54.5 Å². The van der Waals surface area contributed by atoms with Crippen molar-refractivity contribution in [2.45, 2.75) is 36.0 Å². The molecule has 0 saturated heterocycles. The minimum atomic E-state index is -3.79. The molecule has 0 fully saturated rings. The van der Waals surface area contributed by atoms with Crippen LogP contribution in [0.2, 0.25) is 0 Å². The first-order valence-electron chi connectivity index (χ1n) is 7.61. The summed E-state index contributed by atoms with van der Waals surface area (Å²) >= 11 is 1.33. The van der Waals surface area contributed by atoms with Crippen LogP contribution in [0.4, 0.5) is 0 Å². The van der Waals surface area contributed by atoms with Gasteiger partial charge in [0.2, 0.25) is 0 Å². The van der Waals surface area contributed by atoms with E-state index in [9.17, 15) is 13.2 Å². The van der Waals surface area contributed by atoms with E-state index in [1.54, 1.807) is 6.07 Å². The Morgan fingerprint density at radius 1 is 1.00 bits per heavy atom. The molecular weight excluding hydrogens is 342 g/mol. The lowest BCUT2D eigenvalue weighted by Gasteiger charge is -2.21. The Balaban J connectivity index is 1.99. The van der Waals surface area contributed by atoms with E-state index >= 15 is 0 Å². The van der Waals surface area contributed by atoms with Crippen LogP contribution in [0.3, 0.4) is 0 Å². The van der Waals surface area contributed by atoms with Gasteiger partial charge >= 0.3 is 0 Å². The summed E-state index contributed by atoms with van der Waals surface area (Å²) in [4.78, 5) is 13.9. The SMILES string of the molecule is CC(C)(C)c1cccc2c1C(=O)N(CSc1ccccc1)S2(=O)=O. The molecule has 0 N–H and O–H groups in total. The minimum Gasteiger partial charge on any atom is -0.268 e. The van der Waals surface area contributed by atoms with Crippen molar-refractivity contribution in [3.05, 3.63) is 59.7 Å². The molecule has 1 amide bonds. The van der Waals surface area contributed by atoms with Gasteiger partial charge < -0.3 is 0 Å². The normalized spacial score (nSPS) is 16.3. The molecule has 0 atom stereocenters. The van der Waals surface area contributed by atoms with E-state index in [-0.39, 0.29) is 16.2 Å². The highest BCUT2D eigenvalue weighted by Gasteiger charge is 2.43. The molecule has 4 nitrogen and oxygen atoms in total. The summed E-state index contributed by atoms with van der Waals surface area (Å²) in [6.07, 6.45) is 0. The predicted octanol–water partition coefficient (Wildman–Crippen LogP) is 3.88. The zero-order valence-corrected chi connectivity index (χ0v) is 15.4. The highest BCUT2D eigenvalue weighted by atomic mass is 32.2. The van der Waals surface area contributed by atoms with Gasteiger partial charge in [-0.15, -0.1) is 11.8 Å². The van der Waals surface area contributed by atoms with Crippen molar-refractivity contribution in [2.24, 2.45) is 0 Å². The second-order valence-electron chi connectivity index (χ2n) is 6.67. The summed E-state index contributed by atoms with van der Waals surface area (Å²) in [5, 5.41) is 0. The molecule has 0 bridgehead atoms. The van der Waals surface area contributed by atoms with E-state index < -0.39 is 15.9 Å². The van der Waals surface area contributed by atoms with Crippen LogP contribution in [0.15, 0.2) is 58.3 Å². The Morgan fingerprint density at radius 3 is 2.29 bits per heavy atom. The number of fused-ring (bicyclic) bond motifs is 1. The van der Waals surface area contributed by atoms with E-state index in [1.165, 1.54) is 17.8 Å². The number of rotatable bonds is 3. The first kappa shape index (κ1) is 17.0. The van der Waals surface area contributed by atoms with Crippen LogP contribution in [0.1, 0.15) is 36.7 Å². The van der Waals surface area contributed by atoms with Gasteiger partial charge in [0.25, 0.3) is 15.9 Å². The van der Waals surface area contributed by atoms with Gasteiger partial charge in [0.05, 0.1) is 11.4 Å². The van der Waals surface area contributed by atoms with Gasteiger partial charge in [-0.1, -0.05) is 51.1 Å². The zero-order valence-electron chi connectivity index (χ0n) is 13.8. The number of carbonyl (C=O) groups excluding carboxylic acids is 1. The smallest absolute Gasteiger partial charge is 0.268 e. The molecule has 0 unspecified atom stereocenters. The molecule has 0 radical (unpaired) electrons. The molecule has 24 heavy (non-hydrogen) atoms. The second-order valence-corrected chi connectivity index (χ2v) is 9.52. The Kier molecular flexibility index (Phi) is 4.21. The number of hydrogen-bond donors (Lipinski definition) is 0. The lowest BCUT2D eigenvalue weighted by atomic mass is 9.83. The van der Waals surface area contributed by atoms with Gasteiger partial charge in [-0.05, 0) is 29.2 Å². The summed E-state index contributed by atoms with van der Waals surface area (Å²) in [7, 11) is -3.79. The van der Waals surface area contributed by atoms with Crippen LogP contribution in [-0.2, 0) is 15.4 Å². The summed E-state index contributed by atoms with van der Waals surface area (Å²) in [5.41, 5.74) is 0.776. The van der Waals surface area contributed by atoms with Gasteiger partial charge in [-0.25, -0.2) is 12.7 Å². The first-order valence-corrected chi connectivity index (χ1v) is 10.0. The maximum atomic E-state index is 12.8. The Bertz CT molecular complexity index is 884. The Labute approximate surface area is 146 Å². The van der Waals surface area contributed by atoms with Crippen molar-refractivity contribution in [1.29, 1.82) is 0 Å². The largest absolute Gasteiger partial charge is 0.270 e. The lowest BCUT2D eigenvalue weighted by molar-refractivity contribution is 0.0884. The molecule has 2 aromatic rings. The number of benzene rings is 2. The number of carbonyl (C=O) groups is 1. The van der Waals surface area contributed by atoms with Crippen LogP contribution in [0.25, 0.3) is 0 Å². The van der Waals surface area contributed by atoms with Gasteiger partial charge in [0.15, 0.2) is 0 Å². The van der Waals surface area contributed by atoms with Crippen LogP contribution in [-0.4, -0.2) is 24.5 Å². The standard InChI is InChI=1S/C18H19NO3S2/c1-18(2,3)14-10-7-11-15-16(14)17(20)19(24(15,21)22)12-23-13-8-5-4-6-9-13/h4-11H,12H2,1-3H3. The van der Waals surface area contributed by atoms with Crippen LogP contribution < -0.4 is 0 Å². The average Bonchev–Trinajstić information content (AvgIpc) is 2.72. The van der Waals surface area contributed by atoms with E-state index in [0.29, 0.717) is 5.56 Å². The molecule has 0 saturated carbocycles. The fourth-order valence-electron chi connectivity index (χ4n) is 2.72. The van der Waals surface area contributed by atoms with Crippen LogP contribution >= 0.6 is 11.8 Å². The van der Waals surface area contributed by atoms with E-state index in [1.807, 2.05) is 57.2 Å². The summed E-state index contributed by atoms with van der Waals surface area (Å²) in [6, 6.07) is 14.5. The maximum absolute atomic E-state index is 12.8. The second kappa shape index (κ2) is 5.93. The van der Waals surface area contributed by atoms with Crippen molar-refractivity contribution in [3.8, 4) is 0 Å². The molecule has 1 aliphatic rings. The minimum absolute atomic E-state index is 0.0729. The number of amides is 1. The molecule has 0 aliphatic carbocycles. The molecule has 0 aromatic heterocycles. The molecule has 6 heteroatoms. The Morgan fingerprint density at radius 2 is 1.67 bits per heavy atom. The number of thioether (sulfide) groups is 1. The number of sulfonamides is 1. The van der Waals surface area contributed by atoms with Crippen molar-refractivity contribution in [1.82, 2.24) is 4.31 Å². The maximum Gasteiger partial charge on any atom is 0.270 e. The molecule has 2 aromatic carbocycles. The first-order chi connectivity index (χ1) is 11.2. The number of hydrogen-bond acceptors (Lipinski definition) is 4. The summed E-state index contributed by atoms with van der Waals surface area (Å²) in [5.74, 6) is -0.359. The van der Waals surface area contributed by atoms with Crippen molar-refractivity contribution in [2.75, 3.05) is 5.88 Å². The van der Waals surface area contributed by atoms with Crippen molar-refractivity contribution < 1.29 is 13.2 Å². The molecular formula is C18H19NO3S2. The Hall–Kier alpha value is -1.79. The number of nitrogens with zero attached hydrogens (tertiary/aromatic N) is 1. The summed E-state index contributed by atoms with van der Waals surface area (Å²) < 4.78 is 26.6. The van der Waals surface area contributed by atoms with Gasteiger partial charge in [0.1, 0.15) is 4.90 Å². The third-order valence-corrected chi connectivity index (χ3v) is 6.86. The van der Waals surface area contributed by atoms with Crippen molar-refractivity contribution in [3.63, 3.8) is 0 Å². The van der Waals surface area contributed by atoms with Crippen molar-refractivity contribution >= 4 is 27.7 Å². The molecule has 126 valence electrons.